The standard InChI is InChI=1S/C21H22ClN5/c22-17-5-3-4-16(12-17)18-13-25-21(23)26-20(18)19-6-1-2-11-27(19)14-15-7-9-24-10-8-15/h3-5,7-10,12-13,19H,1-2,6,11,14H2,(H2,23,25,26)/t19-/m0/s1. The van der Waals surface area contributed by atoms with Crippen molar-refractivity contribution >= 4 is 17.5 Å². The second kappa shape index (κ2) is 8.03. The van der Waals surface area contributed by atoms with Gasteiger partial charge >= 0.3 is 0 Å². The summed E-state index contributed by atoms with van der Waals surface area (Å²) in [7, 11) is 0. The number of nitrogens with two attached hydrogens (primary N) is 1. The summed E-state index contributed by atoms with van der Waals surface area (Å²) in [5.41, 5.74) is 10.2. The zero-order chi connectivity index (χ0) is 18.6. The maximum atomic E-state index is 6.22. The van der Waals surface area contributed by atoms with Crippen LogP contribution in [0.1, 0.15) is 36.6 Å². The van der Waals surface area contributed by atoms with Crippen LogP contribution in [0.15, 0.2) is 55.0 Å². The average Bonchev–Trinajstić information content (AvgIpc) is 2.69. The number of pyridine rings is 1. The van der Waals surface area contributed by atoms with Gasteiger partial charge in [0, 0.05) is 35.7 Å². The summed E-state index contributed by atoms with van der Waals surface area (Å²) in [5, 5.41) is 0.701. The lowest BCUT2D eigenvalue weighted by Crippen LogP contribution is -2.34. The number of hydrogen-bond donors (Lipinski definition) is 1. The van der Waals surface area contributed by atoms with Crippen LogP contribution in [-0.4, -0.2) is 26.4 Å². The average molecular weight is 380 g/mol. The van der Waals surface area contributed by atoms with Crippen LogP contribution >= 0.6 is 11.6 Å². The number of nitrogen functional groups attached to an aromatic ring is 1. The molecule has 0 amide bonds. The number of rotatable bonds is 4. The topological polar surface area (TPSA) is 67.9 Å². The SMILES string of the molecule is Nc1ncc(-c2cccc(Cl)c2)c([C@@H]2CCCCN2Cc2ccncc2)n1. The predicted molar refractivity (Wildman–Crippen MR) is 108 cm³/mol. The van der Waals surface area contributed by atoms with Gasteiger partial charge in [0.15, 0.2) is 0 Å². The van der Waals surface area contributed by atoms with Gasteiger partial charge in [-0.3, -0.25) is 9.88 Å². The third-order valence-corrected chi connectivity index (χ3v) is 5.27. The van der Waals surface area contributed by atoms with E-state index in [1.807, 2.05) is 42.9 Å². The minimum Gasteiger partial charge on any atom is -0.368 e. The second-order valence-electron chi connectivity index (χ2n) is 6.87. The van der Waals surface area contributed by atoms with E-state index < -0.39 is 0 Å². The van der Waals surface area contributed by atoms with Gasteiger partial charge in [-0.15, -0.1) is 0 Å². The molecule has 6 heteroatoms. The largest absolute Gasteiger partial charge is 0.368 e. The van der Waals surface area contributed by atoms with Crippen LogP contribution in [0.4, 0.5) is 5.95 Å². The molecule has 0 bridgehead atoms. The van der Waals surface area contributed by atoms with Crippen LogP contribution in [0.3, 0.4) is 0 Å². The highest BCUT2D eigenvalue weighted by Crippen LogP contribution is 2.37. The molecule has 0 unspecified atom stereocenters. The van der Waals surface area contributed by atoms with Crippen molar-refractivity contribution in [2.45, 2.75) is 31.8 Å². The molecular formula is C21H22ClN5. The van der Waals surface area contributed by atoms with Gasteiger partial charge in [-0.05, 0) is 54.8 Å². The molecule has 138 valence electrons. The Morgan fingerprint density at radius 2 is 2.00 bits per heavy atom. The van der Waals surface area contributed by atoms with Crippen LogP contribution in [0.5, 0.6) is 0 Å². The molecule has 2 N–H and O–H groups in total. The number of benzene rings is 1. The second-order valence-corrected chi connectivity index (χ2v) is 7.31. The summed E-state index contributed by atoms with van der Waals surface area (Å²) in [6.45, 7) is 1.90. The van der Waals surface area contributed by atoms with E-state index in [-0.39, 0.29) is 6.04 Å². The first-order chi connectivity index (χ1) is 13.2. The van der Waals surface area contributed by atoms with Gasteiger partial charge in [-0.1, -0.05) is 30.2 Å². The van der Waals surface area contributed by atoms with Gasteiger partial charge in [0.1, 0.15) is 0 Å². The molecule has 3 aromatic rings. The molecule has 0 aliphatic carbocycles. The molecule has 5 nitrogen and oxygen atoms in total. The smallest absolute Gasteiger partial charge is 0.220 e. The maximum absolute atomic E-state index is 6.22. The van der Waals surface area contributed by atoms with Crippen molar-refractivity contribution < 1.29 is 0 Å². The molecule has 0 radical (unpaired) electrons. The Kier molecular flexibility index (Phi) is 5.32. The third-order valence-electron chi connectivity index (χ3n) is 5.04. The first-order valence-corrected chi connectivity index (χ1v) is 9.60. The van der Waals surface area contributed by atoms with Crippen molar-refractivity contribution in [3.8, 4) is 11.1 Å². The number of aromatic nitrogens is 3. The van der Waals surface area contributed by atoms with Crippen molar-refractivity contribution in [1.29, 1.82) is 0 Å². The van der Waals surface area contributed by atoms with Gasteiger partial charge in [0.25, 0.3) is 0 Å². The Bertz CT molecular complexity index is 915. The molecule has 1 saturated heterocycles. The minimum atomic E-state index is 0.200. The summed E-state index contributed by atoms with van der Waals surface area (Å²) >= 11 is 6.22. The molecule has 3 heterocycles. The Hall–Kier alpha value is -2.50. The van der Waals surface area contributed by atoms with Gasteiger partial charge in [0.05, 0.1) is 11.7 Å². The van der Waals surface area contributed by atoms with Crippen molar-refractivity contribution in [1.82, 2.24) is 19.9 Å². The molecule has 27 heavy (non-hydrogen) atoms. The highest BCUT2D eigenvalue weighted by Gasteiger charge is 2.28. The van der Waals surface area contributed by atoms with E-state index in [1.165, 1.54) is 18.4 Å². The number of likely N-dealkylation sites (tertiary alicyclic amines) is 1. The highest BCUT2D eigenvalue weighted by atomic mass is 35.5. The Balaban J connectivity index is 1.72. The van der Waals surface area contributed by atoms with Crippen LogP contribution in [0.25, 0.3) is 11.1 Å². The van der Waals surface area contributed by atoms with Gasteiger partial charge in [-0.25, -0.2) is 9.97 Å². The number of nitrogens with zero attached hydrogens (tertiary/aromatic N) is 4. The van der Waals surface area contributed by atoms with Crippen LogP contribution in [-0.2, 0) is 6.54 Å². The molecule has 0 saturated carbocycles. The third kappa shape index (κ3) is 4.10. The van der Waals surface area contributed by atoms with E-state index in [1.54, 1.807) is 0 Å². The molecule has 1 aliphatic heterocycles. The fourth-order valence-electron chi connectivity index (χ4n) is 3.75. The number of hydrogen-bond acceptors (Lipinski definition) is 5. The van der Waals surface area contributed by atoms with Crippen molar-refractivity contribution in [3.05, 3.63) is 71.3 Å². The van der Waals surface area contributed by atoms with Gasteiger partial charge < -0.3 is 5.73 Å². The van der Waals surface area contributed by atoms with Crippen LogP contribution in [0, 0.1) is 0 Å². The van der Waals surface area contributed by atoms with Crippen molar-refractivity contribution in [2.75, 3.05) is 12.3 Å². The van der Waals surface area contributed by atoms with E-state index in [0.29, 0.717) is 11.0 Å². The Morgan fingerprint density at radius 3 is 2.81 bits per heavy atom. The Labute approximate surface area is 164 Å². The molecule has 1 aliphatic rings. The summed E-state index contributed by atoms with van der Waals surface area (Å²) in [6.07, 6.45) is 8.92. The van der Waals surface area contributed by atoms with Crippen LogP contribution < -0.4 is 5.73 Å². The fraction of sp³-hybridized carbons (Fsp3) is 0.286. The summed E-state index contributed by atoms with van der Waals surface area (Å²) in [5.74, 6) is 0.310. The van der Waals surface area contributed by atoms with Gasteiger partial charge in [0.2, 0.25) is 5.95 Å². The first kappa shape index (κ1) is 17.9. The Morgan fingerprint density at radius 1 is 1.15 bits per heavy atom. The van der Waals surface area contributed by atoms with E-state index in [9.17, 15) is 0 Å². The fourth-order valence-corrected chi connectivity index (χ4v) is 3.94. The number of halogens is 1. The van der Waals surface area contributed by atoms with Crippen LogP contribution in [0.2, 0.25) is 5.02 Å². The molecule has 0 spiro atoms. The lowest BCUT2D eigenvalue weighted by atomic mass is 9.93. The molecule has 1 fully saturated rings. The number of piperidine rings is 1. The lowest BCUT2D eigenvalue weighted by Gasteiger charge is -2.36. The van der Waals surface area contributed by atoms with E-state index in [2.05, 4.69) is 32.0 Å². The predicted octanol–water partition coefficient (Wildman–Crippen LogP) is 4.50. The van der Waals surface area contributed by atoms with E-state index in [4.69, 9.17) is 17.3 Å². The first-order valence-electron chi connectivity index (χ1n) is 9.22. The molecule has 1 aromatic carbocycles. The summed E-state index contributed by atoms with van der Waals surface area (Å²) in [4.78, 5) is 15.5. The lowest BCUT2D eigenvalue weighted by molar-refractivity contribution is 0.137. The van der Waals surface area contributed by atoms with Gasteiger partial charge in [-0.2, -0.15) is 0 Å². The zero-order valence-electron chi connectivity index (χ0n) is 15.1. The normalized spacial score (nSPS) is 17.7. The van der Waals surface area contributed by atoms with E-state index >= 15 is 0 Å². The maximum Gasteiger partial charge on any atom is 0.220 e. The molecule has 2 aromatic heterocycles. The molecular weight excluding hydrogens is 358 g/mol. The zero-order valence-corrected chi connectivity index (χ0v) is 15.8. The molecule has 4 rings (SSSR count). The monoisotopic (exact) mass is 379 g/mol. The van der Waals surface area contributed by atoms with E-state index in [0.717, 1.165) is 36.3 Å². The molecule has 1 atom stereocenters. The van der Waals surface area contributed by atoms with Crippen molar-refractivity contribution in [2.24, 2.45) is 0 Å². The minimum absolute atomic E-state index is 0.200. The van der Waals surface area contributed by atoms with Crippen molar-refractivity contribution in [3.63, 3.8) is 0 Å². The number of anilines is 1. The quantitative estimate of drug-likeness (QED) is 0.722. The summed E-state index contributed by atoms with van der Waals surface area (Å²) in [6, 6.07) is 12.2. The summed E-state index contributed by atoms with van der Waals surface area (Å²) < 4.78 is 0. The highest BCUT2D eigenvalue weighted by molar-refractivity contribution is 6.30.